The van der Waals surface area contributed by atoms with Gasteiger partial charge in [-0.2, -0.15) is 0 Å². The topological polar surface area (TPSA) is 35.6 Å². The molecule has 7 aromatic carbocycles. The van der Waals surface area contributed by atoms with Gasteiger partial charge in [0.2, 0.25) is 0 Å². The summed E-state index contributed by atoms with van der Waals surface area (Å²) in [5.41, 5.74) is 15.3. The highest BCUT2D eigenvalue weighted by atomic mass is 15.0. The van der Waals surface area contributed by atoms with E-state index >= 15 is 0 Å². The van der Waals surface area contributed by atoms with Crippen molar-refractivity contribution < 1.29 is 0 Å². The van der Waals surface area contributed by atoms with Crippen LogP contribution in [-0.4, -0.2) is 19.1 Å². The van der Waals surface area contributed by atoms with Crippen molar-refractivity contribution in [3.05, 3.63) is 206 Å². The smallest absolute Gasteiger partial charge is 0.145 e. The van der Waals surface area contributed by atoms with Crippen molar-refractivity contribution in [2.24, 2.45) is 0 Å². The molecule has 0 saturated heterocycles. The second-order valence-corrected chi connectivity index (χ2v) is 14.2. The van der Waals surface area contributed by atoms with Crippen molar-refractivity contribution in [2.75, 3.05) is 0 Å². The highest BCUT2D eigenvalue weighted by molar-refractivity contribution is 6.17. The number of para-hydroxylation sites is 2. The van der Waals surface area contributed by atoms with E-state index < -0.39 is 0 Å². The third-order valence-electron chi connectivity index (χ3n) is 11.0. The quantitative estimate of drug-likeness (QED) is 0.172. The molecule has 56 heavy (non-hydrogen) atoms. The first kappa shape index (κ1) is 31.9. The fourth-order valence-corrected chi connectivity index (χ4v) is 8.42. The number of pyridine rings is 2. The van der Waals surface area contributed by atoms with E-state index in [0.29, 0.717) is 0 Å². The molecule has 0 amide bonds. The fraction of sp³-hybridized carbons (Fsp3) is 0. The summed E-state index contributed by atoms with van der Waals surface area (Å²) in [4.78, 5) is 9.99. The highest BCUT2D eigenvalue weighted by Crippen LogP contribution is 2.41. The fourth-order valence-electron chi connectivity index (χ4n) is 8.42. The summed E-state index contributed by atoms with van der Waals surface area (Å²) in [7, 11) is 0. The zero-order valence-electron chi connectivity index (χ0n) is 30.4. The normalized spacial score (nSPS) is 11.6. The van der Waals surface area contributed by atoms with Gasteiger partial charge in [-0.15, -0.1) is 0 Å². The van der Waals surface area contributed by atoms with Crippen LogP contribution in [0.15, 0.2) is 206 Å². The molecule has 0 atom stereocenters. The minimum Gasteiger partial charge on any atom is -0.309 e. The van der Waals surface area contributed by atoms with Crippen LogP contribution in [0.3, 0.4) is 0 Å². The minimum absolute atomic E-state index is 0.952. The summed E-state index contributed by atoms with van der Waals surface area (Å²) in [6, 6.07) is 71.3. The molecule has 4 heteroatoms. The number of hydrogen-bond donors (Lipinski definition) is 0. The van der Waals surface area contributed by atoms with Crippen LogP contribution in [0.1, 0.15) is 0 Å². The van der Waals surface area contributed by atoms with Gasteiger partial charge in [0.25, 0.3) is 0 Å². The van der Waals surface area contributed by atoms with Crippen molar-refractivity contribution in [1.29, 1.82) is 0 Å². The Balaban J connectivity index is 1.10. The molecule has 0 fully saturated rings. The van der Waals surface area contributed by atoms with Gasteiger partial charge in [-0.05, 0) is 89.0 Å². The first-order valence-corrected chi connectivity index (χ1v) is 19.0. The maximum absolute atomic E-state index is 5.14. The third-order valence-corrected chi connectivity index (χ3v) is 11.0. The van der Waals surface area contributed by atoms with E-state index in [-0.39, 0.29) is 0 Å². The van der Waals surface area contributed by atoms with Crippen molar-refractivity contribution in [2.45, 2.75) is 0 Å². The molecular formula is C52H34N4. The zero-order valence-corrected chi connectivity index (χ0v) is 30.4. The largest absolute Gasteiger partial charge is 0.309 e. The number of rotatable bonds is 6. The van der Waals surface area contributed by atoms with E-state index in [1.807, 2.05) is 24.4 Å². The summed E-state index contributed by atoms with van der Waals surface area (Å²) in [6.07, 6.45) is 1.88. The highest BCUT2D eigenvalue weighted by Gasteiger charge is 2.19. The second kappa shape index (κ2) is 13.1. The third kappa shape index (κ3) is 5.23. The van der Waals surface area contributed by atoms with Crippen molar-refractivity contribution >= 4 is 43.7 Å². The van der Waals surface area contributed by atoms with Crippen molar-refractivity contribution in [3.8, 4) is 56.1 Å². The molecule has 0 aliphatic rings. The molecule has 0 unspecified atom stereocenters. The molecule has 0 spiro atoms. The number of hydrogen-bond acceptors (Lipinski definition) is 2. The molecule has 0 bridgehead atoms. The molecule has 11 rings (SSSR count). The molecule has 0 N–H and O–H groups in total. The van der Waals surface area contributed by atoms with E-state index in [0.717, 1.165) is 67.1 Å². The predicted octanol–water partition coefficient (Wildman–Crippen LogP) is 13.3. The van der Waals surface area contributed by atoms with Gasteiger partial charge in [-0.25, -0.2) is 9.97 Å². The Kier molecular flexibility index (Phi) is 7.46. The Bertz CT molecular complexity index is 3170. The molecule has 0 saturated carbocycles. The summed E-state index contributed by atoms with van der Waals surface area (Å²) in [5.74, 6) is 0. The van der Waals surface area contributed by atoms with Crippen LogP contribution in [0.25, 0.3) is 99.9 Å². The molecule has 262 valence electrons. The van der Waals surface area contributed by atoms with Crippen LogP contribution in [0.4, 0.5) is 0 Å². The van der Waals surface area contributed by atoms with Gasteiger partial charge in [-0.1, -0.05) is 133 Å². The lowest BCUT2D eigenvalue weighted by Crippen LogP contribution is -1.95. The molecule has 4 nitrogen and oxygen atoms in total. The monoisotopic (exact) mass is 714 g/mol. The Morgan fingerprint density at radius 1 is 0.339 bits per heavy atom. The number of benzene rings is 7. The zero-order chi connectivity index (χ0) is 37.0. The minimum atomic E-state index is 0.952. The Morgan fingerprint density at radius 2 is 0.964 bits per heavy atom. The van der Waals surface area contributed by atoms with Crippen molar-refractivity contribution in [3.63, 3.8) is 0 Å². The van der Waals surface area contributed by atoms with Crippen molar-refractivity contribution in [1.82, 2.24) is 19.1 Å². The SMILES string of the molecule is c1ccc(-c2cc(-c3cccc(-n4c5ccccc5c5c(-c6ccc7c8cccnc8n(-c8ccccc8)c7c6)cccc54)c3)cc(-c3ccccc3)n2)cc1. The predicted molar refractivity (Wildman–Crippen MR) is 232 cm³/mol. The molecule has 0 radical (unpaired) electrons. The van der Waals surface area contributed by atoms with Gasteiger partial charge in [-0.3, -0.25) is 4.57 Å². The lowest BCUT2D eigenvalue weighted by atomic mass is 9.98. The maximum atomic E-state index is 5.14. The van der Waals surface area contributed by atoms with Gasteiger partial charge in [0.05, 0.1) is 27.9 Å². The lowest BCUT2D eigenvalue weighted by Gasteiger charge is -2.13. The average molecular weight is 715 g/mol. The maximum Gasteiger partial charge on any atom is 0.145 e. The summed E-state index contributed by atoms with van der Waals surface area (Å²) in [5, 5.41) is 4.79. The van der Waals surface area contributed by atoms with Crippen LogP contribution < -0.4 is 0 Å². The van der Waals surface area contributed by atoms with Gasteiger partial charge in [0.15, 0.2) is 0 Å². The van der Waals surface area contributed by atoms with Gasteiger partial charge in [0, 0.05) is 50.2 Å². The average Bonchev–Trinajstić information content (AvgIpc) is 3.80. The van der Waals surface area contributed by atoms with Gasteiger partial charge >= 0.3 is 0 Å². The first-order valence-electron chi connectivity index (χ1n) is 19.0. The molecule has 0 aliphatic heterocycles. The van der Waals surface area contributed by atoms with Gasteiger partial charge in [0.1, 0.15) is 5.65 Å². The molecular weight excluding hydrogens is 681 g/mol. The molecule has 0 aliphatic carbocycles. The second-order valence-electron chi connectivity index (χ2n) is 14.2. The number of fused-ring (bicyclic) bond motifs is 6. The molecule has 11 aromatic rings. The summed E-state index contributed by atoms with van der Waals surface area (Å²) in [6.45, 7) is 0. The summed E-state index contributed by atoms with van der Waals surface area (Å²) >= 11 is 0. The van der Waals surface area contributed by atoms with Crippen LogP contribution in [0.2, 0.25) is 0 Å². The van der Waals surface area contributed by atoms with Crippen LogP contribution in [0.5, 0.6) is 0 Å². The van der Waals surface area contributed by atoms with Crippen LogP contribution >= 0.6 is 0 Å². The Labute approximate surface area is 324 Å². The van der Waals surface area contributed by atoms with E-state index in [9.17, 15) is 0 Å². The first-order chi connectivity index (χ1) is 27.8. The number of aromatic nitrogens is 4. The molecule has 4 aromatic heterocycles. The van der Waals surface area contributed by atoms with E-state index in [4.69, 9.17) is 9.97 Å². The molecule has 4 heterocycles. The Morgan fingerprint density at radius 3 is 1.73 bits per heavy atom. The standard InChI is InChI=1S/C52H34N4/c1-4-15-35(16-5-1)46-32-39(33-47(54-46)36-17-6-2-7-18-36)37-19-12-22-41(31-37)55-48-26-11-10-23-45(48)51-42(24-13-27-49(51)55)38-28-29-43-44-25-14-30-53-52(44)56(50(43)34-38)40-20-8-3-9-21-40/h1-34H. The number of nitrogens with zero attached hydrogens (tertiary/aromatic N) is 4. The van der Waals surface area contributed by atoms with E-state index in [2.05, 4.69) is 191 Å². The van der Waals surface area contributed by atoms with Crippen LogP contribution in [-0.2, 0) is 0 Å². The van der Waals surface area contributed by atoms with Gasteiger partial charge < -0.3 is 4.57 Å². The van der Waals surface area contributed by atoms with E-state index in [1.54, 1.807) is 0 Å². The Hall–Kier alpha value is -7.56. The lowest BCUT2D eigenvalue weighted by molar-refractivity contribution is 1.14. The van der Waals surface area contributed by atoms with E-state index in [1.165, 1.54) is 32.8 Å². The summed E-state index contributed by atoms with van der Waals surface area (Å²) < 4.78 is 4.70. The van der Waals surface area contributed by atoms with Crippen LogP contribution in [0, 0.1) is 0 Å².